The molecule has 0 saturated carbocycles. The predicted molar refractivity (Wildman–Crippen MR) is 76.3 cm³/mol. The van der Waals surface area contributed by atoms with Gasteiger partial charge in [-0.05, 0) is 30.2 Å². The Morgan fingerprint density at radius 2 is 2.15 bits per heavy atom. The molecule has 1 aromatic carbocycles. The monoisotopic (exact) mass is 277 g/mol. The van der Waals surface area contributed by atoms with Crippen molar-refractivity contribution in [1.29, 1.82) is 0 Å². The normalized spacial score (nSPS) is 10.3. The Kier molecular flexibility index (Phi) is 6.89. The fourth-order valence-corrected chi connectivity index (χ4v) is 1.41. The van der Waals surface area contributed by atoms with Gasteiger partial charge in [-0.25, -0.2) is 4.79 Å². The topological polar surface area (TPSA) is 64.6 Å². The summed E-state index contributed by atoms with van der Waals surface area (Å²) in [4.78, 5) is 22.7. The average molecular weight is 277 g/mol. The SMILES string of the molecule is CCCNC(=O)COC(=O)C=Cc1cccc(OC)c1. The molecular weight excluding hydrogens is 258 g/mol. The molecule has 5 heteroatoms. The molecule has 0 heterocycles. The molecule has 1 amide bonds. The van der Waals surface area contributed by atoms with Crippen LogP contribution in [0.1, 0.15) is 18.9 Å². The Bertz CT molecular complexity index is 483. The van der Waals surface area contributed by atoms with Crippen molar-refractivity contribution in [2.75, 3.05) is 20.3 Å². The molecule has 1 aromatic rings. The maximum Gasteiger partial charge on any atom is 0.331 e. The molecule has 5 nitrogen and oxygen atoms in total. The molecule has 0 atom stereocenters. The third-order valence-electron chi connectivity index (χ3n) is 2.42. The first kappa shape index (κ1) is 15.8. The van der Waals surface area contributed by atoms with Crippen LogP contribution in [0, 0.1) is 0 Å². The summed E-state index contributed by atoms with van der Waals surface area (Å²) >= 11 is 0. The van der Waals surface area contributed by atoms with Crippen molar-refractivity contribution in [2.45, 2.75) is 13.3 Å². The van der Waals surface area contributed by atoms with Crippen molar-refractivity contribution in [3.8, 4) is 5.75 Å². The number of ether oxygens (including phenoxy) is 2. The number of hydrogen-bond donors (Lipinski definition) is 1. The largest absolute Gasteiger partial charge is 0.497 e. The smallest absolute Gasteiger partial charge is 0.331 e. The second kappa shape index (κ2) is 8.74. The van der Waals surface area contributed by atoms with Gasteiger partial charge in [-0.15, -0.1) is 0 Å². The zero-order valence-corrected chi connectivity index (χ0v) is 11.7. The first-order valence-electron chi connectivity index (χ1n) is 6.41. The highest BCUT2D eigenvalue weighted by Crippen LogP contribution is 2.13. The molecule has 1 rings (SSSR count). The molecule has 0 aliphatic rings. The van der Waals surface area contributed by atoms with Crippen LogP contribution in [0.3, 0.4) is 0 Å². The maximum absolute atomic E-state index is 11.4. The number of carbonyl (C=O) groups is 2. The van der Waals surface area contributed by atoms with Gasteiger partial charge in [0.25, 0.3) is 5.91 Å². The first-order valence-corrected chi connectivity index (χ1v) is 6.41. The first-order chi connectivity index (χ1) is 9.65. The summed E-state index contributed by atoms with van der Waals surface area (Å²) < 4.78 is 9.89. The number of hydrogen-bond acceptors (Lipinski definition) is 4. The predicted octanol–water partition coefficient (Wildman–Crippen LogP) is 1.78. The van der Waals surface area contributed by atoms with Crippen LogP contribution >= 0.6 is 0 Å². The Labute approximate surface area is 118 Å². The van der Waals surface area contributed by atoms with Crippen LogP contribution in [0.4, 0.5) is 0 Å². The quantitative estimate of drug-likeness (QED) is 0.609. The number of amides is 1. The molecular formula is C15H19NO4. The van der Waals surface area contributed by atoms with Crippen molar-refractivity contribution < 1.29 is 19.1 Å². The molecule has 0 spiro atoms. The van der Waals surface area contributed by atoms with Crippen molar-refractivity contribution in [2.24, 2.45) is 0 Å². The van der Waals surface area contributed by atoms with E-state index >= 15 is 0 Å². The summed E-state index contributed by atoms with van der Waals surface area (Å²) in [5.41, 5.74) is 0.816. The van der Waals surface area contributed by atoms with E-state index in [0.717, 1.165) is 12.0 Å². The van der Waals surface area contributed by atoms with E-state index in [1.807, 2.05) is 25.1 Å². The zero-order valence-electron chi connectivity index (χ0n) is 11.7. The van der Waals surface area contributed by atoms with Gasteiger partial charge in [-0.3, -0.25) is 4.79 Å². The van der Waals surface area contributed by atoms with Crippen LogP contribution in [0.15, 0.2) is 30.3 Å². The second-order valence-corrected chi connectivity index (χ2v) is 4.07. The Balaban J connectivity index is 2.41. The third-order valence-corrected chi connectivity index (χ3v) is 2.42. The molecule has 0 aliphatic heterocycles. The lowest BCUT2D eigenvalue weighted by Crippen LogP contribution is -2.28. The van der Waals surface area contributed by atoms with E-state index < -0.39 is 5.97 Å². The van der Waals surface area contributed by atoms with Crippen LogP contribution in [0.5, 0.6) is 5.75 Å². The molecule has 0 fully saturated rings. The maximum atomic E-state index is 11.4. The number of esters is 1. The van der Waals surface area contributed by atoms with Gasteiger partial charge in [0.2, 0.25) is 0 Å². The average Bonchev–Trinajstić information content (AvgIpc) is 2.49. The minimum atomic E-state index is -0.556. The lowest BCUT2D eigenvalue weighted by Gasteiger charge is -2.03. The van der Waals surface area contributed by atoms with Gasteiger partial charge in [0.05, 0.1) is 7.11 Å². The highest BCUT2D eigenvalue weighted by molar-refractivity contribution is 5.89. The number of carbonyl (C=O) groups excluding carboxylic acids is 2. The summed E-state index contributed by atoms with van der Waals surface area (Å²) in [6.07, 6.45) is 3.73. The fraction of sp³-hybridized carbons (Fsp3) is 0.333. The minimum Gasteiger partial charge on any atom is -0.497 e. The third kappa shape index (κ3) is 6.04. The van der Waals surface area contributed by atoms with E-state index in [1.165, 1.54) is 6.08 Å². The number of nitrogens with one attached hydrogen (secondary N) is 1. The van der Waals surface area contributed by atoms with Crippen LogP contribution in [0.25, 0.3) is 6.08 Å². The van der Waals surface area contributed by atoms with Crippen LogP contribution in [0.2, 0.25) is 0 Å². The van der Waals surface area contributed by atoms with Crippen molar-refractivity contribution in [3.05, 3.63) is 35.9 Å². The highest BCUT2D eigenvalue weighted by Gasteiger charge is 2.03. The Morgan fingerprint density at radius 1 is 1.35 bits per heavy atom. The lowest BCUT2D eigenvalue weighted by atomic mass is 10.2. The number of methoxy groups -OCH3 is 1. The van der Waals surface area contributed by atoms with E-state index in [9.17, 15) is 9.59 Å². The van der Waals surface area contributed by atoms with Crippen molar-refractivity contribution in [1.82, 2.24) is 5.32 Å². The van der Waals surface area contributed by atoms with Gasteiger partial charge >= 0.3 is 5.97 Å². The second-order valence-electron chi connectivity index (χ2n) is 4.07. The Hall–Kier alpha value is -2.30. The summed E-state index contributed by atoms with van der Waals surface area (Å²) in [5, 5.41) is 2.62. The molecule has 1 N–H and O–H groups in total. The van der Waals surface area contributed by atoms with E-state index in [4.69, 9.17) is 9.47 Å². The van der Waals surface area contributed by atoms with Gasteiger partial charge < -0.3 is 14.8 Å². The van der Waals surface area contributed by atoms with Crippen molar-refractivity contribution in [3.63, 3.8) is 0 Å². The minimum absolute atomic E-state index is 0.263. The molecule has 108 valence electrons. The van der Waals surface area contributed by atoms with E-state index in [1.54, 1.807) is 19.3 Å². The summed E-state index contributed by atoms with van der Waals surface area (Å²) in [6.45, 7) is 2.26. The molecule has 0 aromatic heterocycles. The van der Waals surface area contributed by atoms with Gasteiger partial charge in [0.1, 0.15) is 5.75 Å². The van der Waals surface area contributed by atoms with Gasteiger partial charge in [-0.1, -0.05) is 19.1 Å². The standard InChI is InChI=1S/C15H19NO4/c1-3-9-16-14(17)11-20-15(18)8-7-12-5-4-6-13(10-12)19-2/h4-8,10H,3,9,11H2,1-2H3,(H,16,17). The van der Waals surface area contributed by atoms with Gasteiger partial charge in [0.15, 0.2) is 6.61 Å². The lowest BCUT2D eigenvalue weighted by molar-refractivity contribution is -0.143. The fourth-order valence-electron chi connectivity index (χ4n) is 1.41. The van der Waals surface area contributed by atoms with Crippen LogP contribution in [-0.4, -0.2) is 32.1 Å². The molecule has 20 heavy (non-hydrogen) atoms. The van der Waals surface area contributed by atoms with E-state index in [-0.39, 0.29) is 12.5 Å². The van der Waals surface area contributed by atoms with Crippen LogP contribution in [-0.2, 0) is 14.3 Å². The van der Waals surface area contributed by atoms with Gasteiger partial charge in [-0.2, -0.15) is 0 Å². The van der Waals surface area contributed by atoms with Gasteiger partial charge in [0, 0.05) is 12.6 Å². The van der Waals surface area contributed by atoms with Crippen LogP contribution < -0.4 is 10.1 Å². The molecule has 0 aliphatic carbocycles. The highest BCUT2D eigenvalue weighted by atomic mass is 16.5. The molecule has 0 bridgehead atoms. The zero-order chi connectivity index (χ0) is 14.8. The summed E-state index contributed by atoms with van der Waals surface area (Å²) in [7, 11) is 1.58. The van der Waals surface area contributed by atoms with Crippen molar-refractivity contribution >= 4 is 18.0 Å². The van der Waals surface area contributed by atoms with E-state index in [0.29, 0.717) is 12.3 Å². The summed E-state index contributed by atoms with van der Waals surface area (Å²) in [6, 6.07) is 7.26. The summed E-state index contributed by atoms with van der Waals surface area (Å²) in [5.74, 6) is -0.145. The Morgan fingerprint density at radius 3 is 2.85 bits per heavy atom. The molecule has 0 saturated heterocycles. The molecule has 0 radical (unpaired) electrons. The van der Waals surface area contributed by atoms with E-state index in [2.05, 4.69) is 5.32 Å². The number of rotatable bonds is 7. The number of benzene rings is 1. The molecule has 0 unspecified atom stereocenters.